The molecule has 2 aromatic rings. The van der Waals surface area contributed by atoms with Gasteiger partial charge in [0.1, 0.15) is 11.4 Å². The number of para-hydroxylation sites is 2. The largest absolute Gasteiger partial charge is 0.484 e. The number of nitro benzene ring substituents is 1. The summed E-state index contributed by atoms with van der Waals surface area (Å²) < 4.78 is 5.45. The van der Waals surface area contributed by atoms with Crippen LogP contribution in [0.1, 0.15) is 11.1 Å². The molecule has 0 aliphatic carbocycles. The number of carbonyl (C=O) groups is 1. The first-order valence-corrected chi connectivity index (χ1v) is 7.91. The second kappa shape index (κ2) is 8.68. The average molecular weight is 343 g/mol. The first-order valence-electron chi connectivity index (χ1n) is 7.91. The molecule has 0 fully saturated rings. The summed E-state index contributed by atoms with van der Waals surface area (Å²) in [5.41, 5.74) is 2.70. The van der Waals surface area contributed by atoms with E-state index in [4.69, 9.17) is 4.74 Å². The van der Waals surface area contributed by atoms with Crippen molar-refractivity contribution in [2.75, 3.05) is 25.0 Å². The molecule has 7 nitrogen and oxygen atoms in total. The first kappa shape index (κ1) is 18.3. The second-order valence-corrected chi connectivity index (χ2v) is 5.59. The van der Waals surface area contributed by atoms with Gasteiger partial charge < -0.3 is 15.4 Å². The van der Waals surface area contributed by atoms with Crippen LogP contribution < -0.4 is 15.4 Å². The van der Waals surface area contributed by atoms with E-state index in [-0.39, 0.29) is 18.2 Å². The number of aryl methyl sites for hydroxylation is 2. The fourth-order valence-electron chi connectivity index (χ4n) is 2.19. The highest BCUT2D eigenvalue weighted by Gasteiger charge is 2.11. The topological polar surface area (TPSA) is 93.5 Å². The van der Waals surface area contributed by atoms with Crippen molar-refractivity contribution in [3.05, 3.63) is 63.7 Å². The summed E-state index contributed by atoms with van der Waals surface area (Å²) in [4.78, 5) is 22.2. The van der Waals surface area contributed by atoms with Gasteiger partial charge in [0.15, 0.2) is 6.61 Å². The Bertz CT molecular complexity index is 762. The molecule has 2 aromatic carbocycles. The normalized spacial score (nSPS) is 10.2. The van der Waals surface area contributed by atoms with Crippen LogP contribution in [0.5, 0.6) is 5.75 Å². The summed E-state index contributed by atoms with van der Waals surface area (Å²) >= 11 is 0. The Morgan fingerprint density at radius 1 is 1.12 bits per heavy atom. The van der Waals surface area contributed by atoms with Crippen molar-refractivity contribution in [3.63, 3.8) is 0 Å². The van der Waals surface area contributed by atoms with E-state index in [1.54, 1.807) is 18.2 Å². The molecule has 0 bridgehead atoms. The van der Waals surface area contributed by atoms with Gasteiger partial charge in [-0.15, -0.1) is 0 Å². The lowest BCUT2D eigenvalue weighted by Gasteiger charge is -2.10. The number of nitrogens with zero attached hydrogens (tertiary/aromatic N) is 1. The SMILES string of the molecule is Cc1ccc(OCC(=O)NCCNc2ccccc2[N+](=O)[O-])cc1C. The minimum Gasteiger partial charge on any atom is -0.484 e. The van der Waals surface area contributed by atoms with Crippen LogP contribution in [0.15, 0.2) is 42.5 Å². The van der Waals surface area contributed by atoms with Crippen molar-refractivity contribution in [2.24, 2.45) is 0 Å². The maximum Gasteiger partial charge on any atom is 0.292 e. The van der Waals surface area contributed by atoms with Gasteiger partial charge in [0.25, 0.3) is 11.6 Å². The molecule has 2 rings (SSSR count). The molecule has 0 spiro atoms. The zero-order valence-electron chi connectivity index (χ0n) is 14.2. The lowest BCUT2D eigenvalue weighted by molar-refractivity contribution is -0.384. The fraction of sp³-hybridized carbons (Fsp3) is 0.278. The molecule has 0 aliphatic rings. The van der Waals surface area contributed by atoms with E-state index in [2.05, 4.69) is 10.6 Å². The van der Waals surface area contributed by atoms with E-state index < -0.39 is 4.92 Å². The highest BCUT2D eigenvalue weighted by atomic mass is 16.6. The number of benzene rings is 2. The van der Waals surface area contributed by atoms with E-state index in [0.29, 0.717) is 24.5 Å². The van der Waals surface area contributed by atoms with Gasteiger partial charge in [-0.2, -0.15) is 0 Å². The zero-order valence-corrected chi connectivity index (χ0v) is 14.2. The molecular formula is C18H21N3O4. The van der Waals surface area contributed by atoms with Gasteiger partial charge in [-0.1, -0.05) is 18.2 Å². The predicted octanol–water partition coefficient (Wildman–Crippen LogP) is 2.82. The minimum absolute atomic E-state index is 0.00639. The van der Waals surface area contributed by atoms with Crippen LogP contribution in [-0.4, -0.2) is 30.5 Å². The summed E-state index contributed by atoms with van der Waals surface area (Å²) in [6.45, 7) is 4.63. The second-order valence-electron chi connectivity index (χ2n) is 5.59. The lowest BCUT2D eigenvalue weighted by Crippen LogP contribution is -2.32. The quantitative estimate of drug-likeness (QED) is 0.437. The summed E-state index contributed by atoms with van der Waals surface area (Å²) in [6, 6.07) is 12.0. The molecule has 0 atom stereocenters. The molecule has 1 amide bonds. The molecular weight excluding hydrogens is 322 g/mol. The minimum atomic E-state index is -0.446. The van der Waals surface area contributed by atoms with Crippen LogP contribution in [0.25, 0.3) is 0 Å². The molecule has 0 aromatic heterocycles. The van der Waals surface area contributed by atoms with Crippen molar-refractivity contribution < 1.29 is 14.5 Å². The molecule has 0 heterocycles. The van der Waals surface area contributed by atoms with Gasteiger partial charge in [0, 0.05) is 19.2 Å². The van der Waals surface area contributed by atoms with Crippen LogP contribution in [-0.2, 0) is 4.79 Å². The van der Waals surface area contributed by atoms with E-state index in [9.17, 15) is 14.9 Å². The van der Waals surface area contributed by atoms with Gasteiger partial charge in [-0.05, 0) is 43.2 Å². The van der Waals surface area contributed by atoms with Gasteiger partial charge in [0.05, 0.1) is 4.92 Å². The smallest absolute Gasteiger partial charge is 0.292 e. The maximum atomic E-state index is 11.8. The predicted molar refractivity (Wildman–Crippen MR) is 96.0 cm³/mol. The Hall–Kier alpha value is -3.09. The standard InChI is InChI=1S/C18H21N3O4/c1-13-7-8-15(11-14(13)2)25-12-18(22)20-10-9-19-16-5-3-4-6-17(16)21(23)24/h3-8,11,19H,9-10,12H2,1-2H3,(H,20,22). The van der Waals surface area contributed by atoms with Crippen LogP contribution in [0.2, 0.25) is 0 Å². The Labute approximate surface area is 146 Å². The molecule has 2 N–H and O–H groups in total. The van der Waals surface area contributed by atoms with Crippen molar-refractivity contribution >= 4 is 17.3 Å². The van der Waals surface area contributed by atoms with Crippen molar-refractivity contribution in [2.45, 2.75) is 13.8 Å². The van der Waals surface area contributed by atoms with Gasteiger partial charge in [-0.3, -0.25) is 14.9 Å². The number of nitro groups is 1. The highest BCUT2D eigenvalue weighted by molar-refractivity contribution is 5.77. The van der Waals surface area contributed by atoms with E-state index in [0.717, 1.165) is 11.1 Å². The van der Waals surface area contributed by atoms with Crippen molar-refractivity contribution in [3.8, 4) is 5.75 Å². The van der Waals surface area contributed by atoms with Gasteiger partial charge >= 0.3 is 0 Å². The number of carbonyl (C=O) groups excluding carboxylic acids is 1. The maximum absolute atomic E-state index is 11.8. The van der Waals surface area contributed by atoms with E-state index in [1.165, 1.54) is 6.07 Å². The number of hydrogen-bond donors (Lipinski definition) is 2. The van der Waals surface area contributed by atoms with E-state index in [1.807, 2.05) is 32.0 Å². The van der Waals surface area contributed by atoms with Crippen LogP contribution in [0.3, 0.4) is 0 Å². The van der Waals surface area contributed by atoms with Crippen molar-refractivity contribution in [1.29, 1.82) is 0 Å². The molecule has 7 heteroatoms. The van der Waals surface area contributed by atoms with Crippen molar-refractivity contribution in [1.82, 2.24) is 5.32 Å². The number of hydrogen-bond acceptors (Lipinski definition) is 5. The van der Waals surface area contributed by atoms with Gasteiger partial charge in [-0.25, -0.2) is 0 Å². The number of amides is 1. The van der Waals surface area contributed by atoms with E-state index >= 15 is 0 Å². The molecule has 132 valence electrons. The molecule has 0 aliphatic heterocycles. The molecule has 0 unspecified atom stereocenters. The summed E-state index contributed by atoms with van der Waals surface area (Å²) in [6.07, 6.45) is 0. The average Bonchev–Trinajstić information content (AvgIpc) is 2.60. The summed E-state index contributed by atoms with van der Waals surface area (Å²) in [5.74, 6) is 0.402. The third-order valence-corrected chi connectivity index (χ3v) is 3.71. The number of rotatable bonds is 8. The monoisotopic (exact) mass is 343 g/mol. The molecule has 0 saturated heterocycles. The summed E-state index contributed by atoms with van der Waals surface area (Å²) in [7, 11) is 0. The molecule has 0 radical (unpaired) electrons. The first-order chi connectivity index (χ1) is 12.0. The lowest BCUT2D eigenvalue weighted by atomic mass is 10.1. The Morgan fingerprint density at radius 2 is 1.88 bits per heavy atom. The third kappa shape index (κ3) is 5.49. The Morgan fingerprint density at radius 3 is 2.60 bits per heavy atom. The van der Waals surface area contributed by atoms with Gasteiger partial charge in [0.2, 0.25) is 0 Å². The summed E-state index contributed by atoms with van der Waals surface area (Å²) in [5, 5.41) is 16.5. The number of ether oxygens (including phenoxy) is 1. The molecule has 0 saturated carbocycles. The van der Waals surface area contributed by atoms with Crippen LogP contribution in [0.4, 0.5) is 11.4 Å². The van der Waals surface area contributed by atoms with Crippen LogP contribution >= 0.6 is 0 Å². The highest BCUT2D eigenvalue weighted by Crippen LogP contribution is 2.22. The fourth-order valence-corrected chi connectivity index (χ4v) is 2.19. The Kier molecular flexibility index (Phi) is 6.33. The van der Waals surface area contributed by atoms with Crippen LogP contribution in [0, 0.1) is 24.0 Å². The number of nitrogens with one attached hydrogen (secondary N) is 2. The molecule has 25 heavy (non-hydrogen) atoms. The number of anilines is 1. The third-order valence-electron chi connectivity index (χ3n) is 3.71. The zero-order chi connectivity index (χ0) is 18.2. The Balaban J connectivity index is 1.72.